The van der Waals surface area contributed by atoms with Crippen LogP contribution in [0.5, 0.6) is 5.75 Å². The van der Waals surface area contributed by atoms with Gasteiger partial charge in [-0.3, -0.25) is 24.2 Å². The molecule has 0 unspecified atom stereocenters. The number of fused-ring (bicyclic) bond motifs is 3. The number of nitrogens with zero attached hydrogens (tertiary/aromatic N) is 3. The van der Waals surface area contributed by atoms with Gasteiger partial charge in [0.25, 0.3) is 5.91 Å². The number of nitrogens with two attached hydrogens (primary N) is 1. The van der Waals surface area contributed by atoms with Crippen LogP contribution in [0.4, 0.5) is 0 Å². The molecule has 44 heavy (non-hydrogen) atoms. The van der Waals surface area contributed by atoms with Crippen molar-refractivity contribution < 1.29 is 34.8 Å². The Morgan fingerprint density at radius 2 is 1.68 bits per heavy atom. The van der Waals surface area contributed by atoms with Gasteiger partial charge in [0.05, 0.1) is 11.6 Å². The van der Waals surface area contributed by atoms with E-state index in [2.05, 4.69) is 29.0 Å². The minimum Gasteiger partial charge on any atom is -0.508 e. The van der Waals surface area contributed by atoms with Crippen molar-refractivity contribution in [1.82, 2.24) is 14.7 Å². The van der Waals surface area contributed by atoms with E-state index in [4.69, 9.17) is 5.73 Å². The molecule has 2 aromatic carbocycles. The number of hydrogen-bond donors (Lipinski definition) is 5. The van der Waals surface area contributed by atoms with E-state index in [1.165, 1.54) is 16.5 Å². The van der Waals surface area contributed by atoms with Crippen LogP contribution in [-0.2, 0) is 27.3 Å². The summed E-state index contributed by atoms with van der Waals surface area (Å²) >= 11 is 0. The van der Waals surface area contributed by atoms with Gasteiger partial charge in [-0.1, -0.05) is 30.3 Å². The van der Waals surface area contributed by atoms with Gasteiger partial charge in [-0.05, 0) is 68.2 Å². The van der Waals surface area contributed by atoms with Gasteiger partial charge in [0.15, 0.2) is 11.4 Å². The number of amides is 1. The van der Waals surface area contributed by atoms with Gasteiger partial charge in [-0.2, -0.15) is 0 Å². The summed E-state index contributed by atoms with van der Waals surface area (Å²) in [7, 11) is 5.29. The van der Waals surface area contributed by atoms with Crippen LogP contribution in [0.2, 0.25) is 0 Å². The number of likely N-dealkylation sites (N-methyl/N-ethyl adjacent to an activating group) is 2. The summed E-state index contributed by atoms with van der Waals surface area (Å²) in [5.74, 6) is -6.61. The fraction of sp³-hybridized carbons (Fsp3) is 0.424. The molecule has 0 bridgehead atoms. The van der Waals surface area contributed by atoms with Crippen molar-refractivity contribution in [3.05, 3.63) is 70.0 Å². The number of carbonyl (C=O) groups excluding carboxylic acids is 3. The van der Waals surface area contributed by atoms with E-state index in [0.29, 0.717) is 5.56 Å². The standard InChI is InChI=1S/C33H38N4O7/c1-35(2)27-22-15-19-14-21-20(18-6-4-17(5-7-18)16-37-12-10-36(3)11-13-37)8-9-23(38)25(21)28(39)24(19)30(41)33(22,44)31(42)26(29(27)40)32(34)43/h4-9,19,22,27,38-39,42,44H,10-16H2,1-3H3,(H2,34,43)/t19-,22-,27+,33-/m0/s1. The SMILES string of the molecule is CN1CCN(Cc2ccc(-c3ccc(O)c4c3C[C@H]3C[C@H]5[C@@H](N(C)C)C(=O)C(C(N)=O)=C(O)[C@@]5(O)C(=O)C3=C4O)cc2)CC1. The van der Waals surface area contributed by atoms with E-state index < -0.39 is 58.0 Å². The third kappa shape index (κ3) is 4.54. The topological polar surface area (TPSA) is 168 Å². The summed E-state index contributed by atoms with van der Waals surface area (Å²) < 4.78 is 0. The minimum atomic E-state index is -2.66. The summed E-state index contributed by atoms with van der Waals surface area (Å²) in [4.78, 5) is 45.8. The first-order chi connectivity index (χ1) is 20.8. The highest BCUT2D eigenvalue weighted by Gasteiger charge is 2.64. The smallest absolute Gasteiger partial charge is 0.255 e. The molecule has 1 saturated heterocycles. The van der Waals surface area contributed by atoms with Crippen molar-refractivity contribution in [1.29, 1.82) is 0 Å². The molecule has 1 aliphatic heterocycles. The Bertz CT molecular complexity index is 1620. The maximum Gasteiger partial charge on any atom is 0.255 e. The lowest BCUT2D eigenvalue weighted by molar-refractivity contribution is -0.153. The van der Waals surface area contributed by atoms with E-state index >= 15 is 0 Å². The molecule has 2 fully saturated rings. The Hall–Kier alpha value is -4.03. The molecule has 1 saturated carbocycles. The average molecular weight is 603 g/mol. The van der Waals surface area contributed by atoms with E-state index in [1.54, 1.807) is 20.2 Å². The monoisotopic (exact) mass is 602 g/mol. The first-order valence-electron chi connectivity index (χ1n) is 14.8. The maximum absolute atomic E-state index is 14.0. The van der Waals surface area contributed by atoms with Crippen LogP contribution in [0.1, 0.15) is 23.1 Å². The molecule has 6 rings (SSSR count). The molecule has 1 amide bonds. The molecule has 1 heterocycles. The molecule has 3 aliphatic carbocycles. The number of phenols is 1. The van der Waals surface area contributed by atoms with E-state index in [9.17, 15) is 34.8 Å². The van der Waals surface area contributed by atoms with Crippen LogP contribution < -0.4 is 5.73 Å². The quantitative estimate of drug-likeness (QED) is 0.316. The minimum absolute atomic E-state index is 0.0464. The zero-order valence-corrected chi connectivity index (χ0v) is 25.1. The molecular weight excluding hydrogens is 564 g/mol. The number of aromatic hydroxyl groups is 1. The summed E-state index contributed by atoms with van der Waals surface area (Å²) in [6.07, 6.45) is 0.284. The van der Waals surface area contributed by atoms with Crippen molar-refractivity contribution in [2.45, 2.75) is 31.0 Å². The summed E-state index contributed by atoms with van der Waals surface area (Å²) in [6.45, 7) is 4.92. The molecule has 6 N–H and O–H groups in total. The van der Waals surface area contributed by atoms with Crippen molar-refractivity contribution in [2.75, 3.05) is 47.3 Å². The molecule has 0 spiro atoms. The Morgan fingerprint density at radius 1 is 1.02 bits per heavy atom. The van der Waals surface area contributed by atoms with Crippen molar-refractivity contribution in [3.63, 3.8) is 0 Å². The number of phenolic OH excluding ortho intramolecular Hbond substituents is 1. The number of primary amides is 1. The number of carbonyl (C=O) groups is 3. The number of ketones is 2. The Morgan fingerprint density at radius 3 is 2.30 bits per heavy atom. The zero-order valence-electron chi connectivity index (χ0n) is 25.1. The highest BCUT2D eigenvalue weighted by atomic mass is 16.3. The van der Waals surface area contributed by atoms with Gasteiger partial charge < -0.3 is 31.1 Å². The number of piperazine rings is 1. The maximum atomic E-state index is 14.0. The molecule has 11 heteroatoms. The van der Waals surface area contributed by atoms with Gasteiger partial charge >= 0.3 is 0 Å². The molecule has 11 nitrogen and oxygen atoms in total. The lowest BCUT2D eigenvalue weighted by Gasteiger charge is -2.50. The lowest BCUT2D eigenvalue weighted by atomic mass is 9.57. The number of rotatable bonds is 5. The van der Waals surface area contributed by atoms with Crippen LogP contribution in [0.3, 0.4) is 0 Å². The zero-order chi connectivity index (χ0) is 31.7. The first-order valence-corrected chi connectivity index (χ1v) is 14.8. The van der Waals surface area contributed by atoms with Crippen LogP contribution in [0.25, 0.3) is 16.9 Å². The van der Waals surface area contributed by atoms with Gasteiger partial charge in [0.1, 0.15) is 22.8 Å². The molecule has 0 radical (unpaired) electrons. The number of Topliss-reactive ketones (excluding diaryl/α,β-unsaturated/α-hetero) is 2. The van der Waals surface area contributed by atoms with Gasteiger partial charge in [-0.25, -0.2) is 0 Å². The Kier molecular flexibility index (Phi) is 7.40. The second kappa shape index (κ2) is 10.8. The highest BCUT2D eigenvalue weighted by Crippen LogP contribution is 2.53. The van der Waals surface area contributed by atoms with E-state index in [-0.39, 0.29) is 29.7 Å². The van der Waals surface area contributed by atoms with Gasteiger partial charge in [0.2, 0.25) is 5.78 Å². The number of hydrogen-bond acceptors (Lipinski definition) is 10. The predicted octanol–water partition coefficient (Wildman–Crippen LogP) is 1.38. The second-order valence-electron chi connectivity index (χ2n) is 12.7. The average Bonchev–Trinajstić information content (AvgIpc) is 2.96. The van der Waals surface area contributed by atoms with Crippen LogP contribution in [-0.4, -0.2) is 112 Å². The van der Waals surface area contributed by atoms with Crippen molar-refractivity contribution >= 4 is 23.2 Å². The lowest BCUT2D eigenvalue weighted by Crippen LogP contribution is -2.65. The number of aliphatic hydroxyl groups excluding tert-OH is 2. The van der Waals surface area contributed by atoms with E-state index in [0.717, 1.165) is 43.9 Å². The molecule has 0 aromatic heterocycles. The molecule has 4 aliphatic rings. The largest absolute Gasteiger partial charge is 0.508 e. The highest BCUT2D eigenvalue weighted by molar-refractivity contribution is 6.24. The molecule has 2 aromatic rings. The van der Waals surface area contributed by atoms with Crippen molar-refractivity contribution in [3.8, 4) is 16.9 Å². The fourth-order valence-corrected chi connectivity index (χ4v) is 7.57. The van der Waals surface area contributed by atoms with Crippen LogP contribution in [0, 0.1) is 11.8 Å². The fourth-order valence-electron chi connectivity index (χ4n) is 7.57. The summed E-state index contributed by atoms with van der Waals surface area (Å²) in [6, 6.07) is 10.3. The van der Waals surface area contributed by atoms with Gasteiger partial charge in [0, 0.05) is 44.2 Å². The third-order valence-corrected chi connectivity index (χ3v) is 9.87. The second-order valence-corrected chi connectivity index (χ2v) is 12.7. The molecule has 232 valence electrons. The predicted molar refractivity (Wildman–Crippen MR) is 162 cm³/mol. The Balaban J connectivity index is 1.40. The number of benzene rings is 2. The van der Waals surface area contributed by atoms with Crippen LogP contribution >= 0.6 is 0 Å². The van der Waals surface area contributed by atoms with Gasteiger partial charge in [-0.15, -0.1) is 0 Å². The molecule has 4 atom stereocenters. The summed E-state index contributed by atoms with van der Waals surface area (Å²) in [5, 5.41) is 45.2. The molecular formula is C33H38N4O7. The third-order valence-electron chi connectivity index (χ3n) is 9.87. The normalized spacial score (nSPS) is 27.8. The number of aliphatic hydroxyl groups is 3. The van der Waals surface area contributed by atoms with Crippen LogP contribution in [0.15, 0.2) is 53.3 Å². The van der Waals surface area contributed by atoms with Crippen molar-refractivity contribution in [2.24, 2.45) is 17.6 Å². The first kappa shape index (κ1) is 30.0. The summed E-state index contributed by atoms with van der Waals surface area (Å²) in [5.41, 5.74) is 5.31. The Labute approximate surface area is 255 Å². The van der Waals surface area contributed by atoms with E-state index in [1.807, 2.05) is 12.1 Å².